The molecule has 0 aliphatic heterocycles. The maximum absolute atomic E-state index is 12.1. The number of nitrogens with one attached hydrogen (secondary N) is 1. The number of aromatic nitrogens is 3. The summed E-state index contributed by atoms with van der Waals surface area (Å²) in [5.41, 5.74) is 0.812. The van der Waals surface area contributed by atoms with Crippen LogP contribution in [0, 0.1) is 5.41 Å². The van der Waals surface area contributed by atoms with E-state index in [1.165, 1.54) is 6.33 Å². The molecule has 2 rings (SSSR count). The Balaban J connectivity index is 2.29. The van der Waals surface area contributed by atoms with Crippen LogP contribution in [0.5, 0.6) is 0 Å². The number of hydrogen-bond donors (Lipinski definition) is 1. The summed E-state index contributed by atoms with van der Waals surface area (Å²) in [4.78, 5) is 16.0. The highest BCUT2D eigenvalue weighted by molar-refractivity contribution is 6.20. The van der Waals surface area contributed by atoms with Gasteiger partial charge in [0, 0.05) is 5.88 Å². The lowest BCUT2D eigenvalue weighted by atomic mass is 9.95. The summed E-state index contributed by atoms with van der Waals surface area (Å²) in [5.74, 6) is 0.125. The number of carbonyl (C=O) groups excluding carboxylic acids is 1. The molecule has 0 saturated carbocycles. The van der Waals surface area contributed by atoms with Crippen molar-refractivity contribution in [2.75, 3.05) is 11.2 Å². The molecule has 0 aliphatic rings. The molecule has 1 aromatic heterocycles. The van der Waals surface area contributed by atoms with Gasteiger partial charge in [-0.25, -0.2) is 9.67 Å². The van der Waals surface area contributed by atoms with E-state index in [2.05, 4.69) is 15.4 Å². The quantitative estimate of drug-likeness (QED) is 0.874. The molecule has 0 atom stereocenters. The SMILES string of the molecule is CC(C)(CCl)C(=O)Nc1ccccc1-n1cncn1. The highest BCUT2D eigenvalue weighted by Crippen LogP contribution is 2.23. The van der Waals surface area contributed by atoms with E-state index < -0.39 is 5.41 Å². The fourth-order valence-electron chi connectivity index (χ4n) is 1.46. The Bertz CT molecular complexity index is 566. The largest absolute Gasteiger partial charge is 0.324 e. The van der Waals surface area contributed by atoms with Crippen LogP contribution >= 0.6 is 11.6 Å². The number of hydrogen-bond acceptors (Lipinski definition) is 3. The molecule has 1 heterocycles. The van der Waals surface area contributed by atoms with Crippen molar-refractivity contribution in [3.05, 3.63) is 36.9 Å². The number of carbonyl (C=O) groups is 1. The van der Waals surface area contributed by atoms with Crippen LogP contribution in [0.25, 0.3) is 5.69 Å². The number of anilines is 1. The Labute approximate surface area is 116 Å². The van der Waals surface area contributed by atoms with E-state index in [1.807, 2.05) is 24.3 Å². The molecule has 100 valence electrons. The van der Waals surface area contributed by atoms with E-state index in [1.54, 1.807) is 24.9 Å². The fraction of sp³-hybridized carbons (Fsp3) is 0.308. The molecule has 19 heavy (non-hydrogen) atoms. The standard InChI is InChI=1S/C13H15ClN4O/c1-13(2,7-14)12(19)17-10-5-3-4-6-11(10)18-9-15-8-16-18/h3-6,8-9H,7H2,1-2H3,(H,17,19). The van der Waals surface area contributed by atoms with Crippen molar-refractivity contribution >= 4 is 23.2 Å². The van der Waals surface area contributed by atoms with Gasteiger partial charge in [0.2, 0.25) is 5.91 Å². The van der Waals surface area contributed by atoms with Crippen molar-refractivity contribution in [1.29, 1.82) is 0 Å². The molecule has 2 aromatic rings. The molecular weight excluding hydrogens is 264 g/mol. The smallest absolute Gasteiger partial charge is 0.231 e. The van der Waals surface area contributed by atoms with Crippen LogP contribution < -0.4 is 5.32 Å². The molecule has 0 spiro atoms. The van der Waals surface area contributed by atoms with E-state index in [0.29, 0.717) is 5.69 Å². The summed E-state index contributed by atoms with van der Waals surface area (Å²) in [6, 6.07) is 7.40. The number of alkyl halides is 1. The van der Waals surface area contributed by atoms with Crippen molar-refractivity contribution in [2.24, 2.45) is 5.41 Å². The lowest BCUT2D eigenvalue weighted by Gasteiger charge is -2.21. The van der Waals surface area contributed by atoms with Crippen LogP contribution in [0.1, 0.15) is 13.8 Å². The lowest BCUT2D eigenvalue weighted by Crippen LogP contribution is -2.32. The molecule has 0 bridgehead atoms. The van der Waals surface area contributed by atoms with Gasteiger partial charge in [0.05, 0.1) is 16.8 Å². The third-order valence-electron chi connectivity index (χ3n) is 2.77. The van der Waals surface area contributed by atoms with E-state index in [4.69, 9.17) is 11.6 Å². The van der Waals surface area contributed by atoms with Crippen molar-refractivity contribution in [3.63, 3.8) is 0 Å². The molecule has 1 N–H and O–H groups in total. The number of halogens is 1. The average molecular weight is 279 g/mol. The number of benzene rings is 1. The predicted molar refractivity (Wildman–Crippen MR) is 74.5 cm³/mol. The summed E-state index contributed by atoms with van der Waals surface area (Å²) < 4.78 is 1.60. The Morgan fingerprint density at radius 1 is 1.42 bits per heavy atom. The van der Waals surface area contributed by atoms with Crippen LogP contribution in [-0.4, -0.2) is 26.6 Å². The van der Waals surface area contributed by atoms with Crippen molar-refractivity contribution < 1.29 is 4.79 Å². The highest BCUT2D eigenvalue weighted by atomic mass is 35.5. The molecule has 0 unspecified atom stereocenters. The van der Waals surface area contributed by atoms with Gasteiger partial charge in [-0.05, 0) is 26.0 Å². The third kappa shape index (κ3) is 2.93. The van der Waals surface area contributed by atoms with Gasteiger partial charge < -0.3 is 5.32 Å². The summed E-state index contributed by atoms with van der Waals surface area (Å²) >= 11 is 5.81. The van der Waals surface area contributed by atoms with Gasteiger partial charge in [-0.3, -0.25) is 4.79 Å². The predicted octanol–water partition coefficient (Wildman–Crippen LogP) is 2.47. The van der Waals surface area contributed by atoms with Crippen molar-refractivity contribution in [1.82, 2.24) is 14.8 Å². The summed E-state index contributed by atoms with van der Waals surface area (Å²) in [5, 5.41) is 6.94. The van der Waals surface area contributed by atoms with Crippen LogP contribution in [-0.2, 0) is 4.79 Å². The number of nitrogens with zero attached hydrogens (tertiary/aromatic N) is 3. The maximum Gasteiger partial charge on any atom is 0.231 e. The number of rotatable bonds is 4. The number of amides is 1. The molecule has 0 saturated heterocycles. The Morgan fingerprint density at radius 3 is 2.79 bits per heavy atom. The first-order valence-corrected chi connectivity index (χ1v) is 6.39. The van der Waals surface area contributed by atoms with Gasteiger partial charge in [0.25, 0.3) is 0 Å². The zero-order valence-corrected chi connectivity index (χ0v) is 11.6. The lowest BCUT2D eigenvalue weighted by molar-refractivity contribution is -0.122. The molecule has 1 aromatic carbocycles. The summed E-state index contributed by atoms with van der Waals surface area (Å²) in [7, 11) is 0. The zero-order valence-electron chi connectivity index (χ0n) is 10.8. The van der Waals surface area contributed by atoms with E-state index in [9.17, 15) is 4.79 Å². The van der Waals surface area contributed by atoms with Gasteiger partial charge >= 0.3 is 0 Å². The van der Waals surface area contributed by atoms with E-state index >= 15 is 0 Å². The highest BCUT2D eigenvalue weighted by Gasteiger charge is 2.27. The van der Waals surface area contributed by atoms with Crippen LogP contribution in [0.2, 0.25) is 0 Å². The molecule has 0 fully saturated rings. The molecule has 1 amide bonds. The second-order valence-electron chi connectivity index (χ2n) is 4.83. The first-order chi connectivity index (χ1) is 9.04. The zero-order chi connectivity index (χ0) is 13.9. The number of para-hydroxylation sites is 2. The molecule has 6 heteroatoms. The van der Waals surface area contributed by atoms with Gasteiger partial charge in [0.1, 0.15) is 12.7 Å². The Kier molecular flexibility index (Phi) is 3.85. The second-order valence-corrected chi connectivity index (χ2v) is 5.10. The van der Waals surface area contributed by atoms with Gasteiger partial charge in [-0.1, -0.05) is 12.1 Å². The first kappa shape index (κ1) is 13.5. The monoisotopic (exact) mass is 278 g/mol. The summed E-state index contributed by atoms with van der Waals surface area (Å²) in [6.07, 6.45) is 3.03. The van der Waals surface area contributed by atoms with E-state index in [0.717, 1.165) is 5.69 Å². The molecular formula is C13H15ClN4O. The minimum absolute atomic E-state index is 0.130. The fourth-order valence-corrected chi connectivity index (χ4v) is 1.59. The second kappa shape index (κ2) is 5.40. The third-order valence-corrected chi connectivity index (χ3v) is 3.43. The van der Waals surface area contributed by atoms with E-state index in [-0.39, 0.29) is 11.8 Å². The van der Waals surface area contributed by atoms with Crippen LogP contribution in [0.4, 0.5) is 5.69 Å². The molecule has 5 nitrogen and oxygen atoms in total. The summed E-state index contributed by atoms with van der Waals surface area (Å²) in [6.45, 7) is 3.60. The minimum atomic E-state index is -0.628. The maximum atomic E-state index is 12.1. The van der Waals surface area contributed by atoms with Crippen molar-refractivity contribution in [3.8, 4) is 5.69 Å². The topological polar surface area (TPSA) is 59.8 Å². The Morgan fingerprint density at radius 2 is 2.16 bits per heavy atom. The average Bonchev–Trinajstić information content (AvgIpc) is 2.93. The van der Waals surface area contributed by atoms with Gasteiger partial charge in [-0.15, -0.1) is 11.6 Å². The Hall–Kier alpha value is -1.88. The molecule has 0 radical (unpaired) electrons. The van der Waals surface area contributed by atoms with Crippen LogP contribution in [0.3, 0.4) is 0 Å². The van der Waals surface area contributed by atoms with Gasteiger partial charge in [-0.2, -0.15) is 5.10 Å². The minimum Gasteiger partial charge on any atom is -0.324 e. The van der Waals surface area contributed by atoms with Crippen LogP contribution in [0.15, 0.2) is 36.9 Å². The first-order valence-electron chi connectivity index (χ1n) is 5.86. The van der Waals surface area contributed by atoms with Crippen molar-refractivity contribution in [2.45, 2.75) is 13.8 Å². The normalized spacial score (nSPS) is 11.3. The van der Waals surface area contributed by atoms with Gasteiger partial charge in [0.15, 0.2) is 0 Å². The molecule has 0 aliphatic carbocycles.